The predicted octanol–water partition coefficient (Wildman–Crippen LogP) is 4.60. The second kappa shape index (κ2) is 8.54. The Balaban J connectivity index is 1.60. The van der Waals surface area contributed by atoms with Crippen molar-refractivity contribution >= 4 is 34.9 Å². The number of halogens is 1. The standard InChI is InChI=1S/C21H16ClNO5/c1-13(24)23-15-8-6-14(7-9-15)18(25)12-27-21(26)20-11-10-19(28-20)16-4-2-3-5-17(16)22/h2-11H,12H2,1H3,(H,23,24). The molecule has 0 unspecified atom stereocenters. The molecule has 0 spiro atoms. The molecule has 0 bridgehead atoms. The van der Waals surface area contributed by atoms with Crippen LogP contribution in [0, 0.1) is 0 Å². The first-order valence-electron chi connectivity index (χ1n) is 8.37. The minimum absolute atomic E-state index is 0.0243. The maximum atomic E-state index is 12.2. The van der Waals surface area contributed by atoms with E-state index in [1.54, 1.807) is 54.6 Å². The van der Waals surface area contributed by atoms with Gasteiger partial charge in [0.2, 0.25) is 11.7 Å². The third-order valence-electron chi connectivity index (χ3n) is 3.81. The summed E-state index contributed by atoms with van der Waals surface area (Å²) in [7, 11) is 0. The van der Waals surface area contributed by atoms with Crippen LogP contribution in [0.2, 0.25) is 5.02 Å². The van der Waals surface area contributed by atoms with Crippen molar-refractivity contribution in [3.05, 3.63) is 77.0 Å². The van der Waals surface area contributed by atoms with E-state index in [4.69, 9.17) is 20.8 Å². The van der Waals surface area contributed by atoms with E-state index in [1.165, 1.54) is 13.0 Å². The lowest BCUT2D eigenvalue weighted by Gasteiger charge is -2.05. The minimum Gasteiger partial charge on any atom is -0.451 e. The van der Waals surface area contributed by atoms with Crippen LogP contribution in [0.4, 0.5) is 5.69 Å². The van der Waals surface area contributed by atoms with Crippen LogP contribution in [0.15, 0.2) is 65.1 Å². The van der Waals surface area contributed by atoms with E-state index in [-0.39, 0.29) is 17.5 Å². The second-order valence-corrected chi connectivity index (χ2v) is 6.31. The highest BCUT2D eigenvalue weighted by Crippen LogP contribution is 2.29. The van der Waals surface area contributed by atoms with Gasteiger partial charge >= 0.3 is 5.97 Å². The second-order valence-electron chi connectivity index (χ2n) is 5.90. The number of furan rings is 1. The molecule has 3 aromatic rings. The first kappa shape index (κ1) is 19.4. The number of hydrogen-bond acceptors (Lipinski definition) is 5. The van der Waals surface area contributed by atoms with Gasteiger partial charge in [-0.3, -0.25) is 9.59 Å². The molecule has 6 nitrogen and oxygen atoms in total. The number of nitrogens with one attached hydrogen (secondary N) is 1. The molecule has 0 atom stereocenters. The molecule has 3 rings (SSSR count). The van der Waals surface area contributed by atoms with Gasteiger partial charge in [0.25, 0.3) is 0 Å². The smallest absolute Gasteiger partial charge is 0.374 e. The van der Waals surface area contributed by atoms with Crippen molar-refractivity contribution in [2.24, 2.45) is 0 Å². The zero-order chi connectivity index (χ0) is 20.1. The Hall–Kier alpha value is -3.38. The van der Waals surface area contributed by atoms with E-state index in [1.807, 2.05) is 0 Å². The van der Waals surface area contributed by atoms with Crippen molar-refractivity contribution in [2.75, 3.05) is 11.9 Å². The molecular weight excluding hydrogens is 382 g/mol. The van der Waals surface area contributed by atoms with Gasteiger partial charge in [-0.2, -0.15) is 0 Å². The molecule has 1 N–H and O–H groups in total. The van der Waals surface area contributed by atoms with Crippen molar-refractivity contribution < 1.29 is 23.5 Å². The Morgan fingerprint density at radius 2 is 1.71 bits per heavy atom. The van der Waals surface area contributed by atoms with Crippen molar-refractivity contribution in [3.63, 3.8) is 0 Å². The van der Waals surface area contributed by atoms with Crippen molar-refractivity contribution in [3.8, 4) is 11.3 Å². The van der Waals surface area contributed by atoms with Gasteiger partial charge in [0, 0.05) is 23.7 Å². The van der Waals surface area contributed by atoms with Crippen LogP contribution < -0.4 is 5.32 Å². The van der Waals surface area contributed by atoms with Gasteiger partial charge in [-0.1, -0.05) is 23.7 Å². The molecule has 0 aliphatic heterocycles. The summed E-state index contributed by atoms with van der Waals surface area (Å²) in [6, 6.07) is 16.4. The van der Waals surface area contributed by atoms with E-state index < -0.39 is 12.6 Å². The maximum Gasteiger partial charge on any atom is 0.374 e. The molecule has 1 aromatic heterocycles. The van der Waals surface area contributed by atoms with Crippen LogP contribution in [0.5, 0.6) is 0 Å². The SMILES string of the molecule is CC(=O)Nc1ccc(C(=O)COC(=O)c2ccc(-c3ccccc3Cl)o2)cc1. The average molecular weight is 398 g/mol. The Morgan fingerprint density at radius 1 is 1.00 bits per heavy atom. The quantitative estimate of drug-likeness (QED) is 0.485. The Bertz CT molecular complexity index is 1020. The van der Waals surface area contributed by atoms with Crippen LogP contribution in [-0.4, -0.2) is 24.3 Å². The van der Waals surface area contributed by atoms with Crippen molar-refractivity contribution in [1.82, 2.24) is 0 Å². The Morgan fingerprint density at radius 3 is 2.39 bits per heavy atom. The molecule has 7 heteroatoms. The summed E-state index contributed by atoms with van der Waals surface area (Å²) < 4.78 is 10.5. The monoisotopic (exact) mass is 397 g/mol. The molecule has 28 heavy (non-hydrogen) atoms. The van der Waals surface area contributed by atoms with Gasteiger partial charge in [0.1, 0.15) is 5.76 Å². The zero-order valence-electron chi connectivity index (χ0n) is 14.9. The topological polar surface area (TPSA) is 85.6 Å². The predicted molar refractivity (Wildman–Crippen MR) is 105 cm³/mol. The summed E-state index contributed by atoms with van der Waals surface area (Å²) in [5.41, 5.74) is 1.58. The average Bonchev–Trinajstić information content (AvgIpc) is 3.16. The molecule has 1 amide bonds. The van der Waals surface area contributed by atoms with Gasteiger partial charge in [-0.05, 0) is 48.5 Å². The number of Topliss-reactive ketones (excluding diaryl/α,β-unsaturated/α-hetero) is 1. The molecular formula is C21H16ClNO5. The van der Waals surface area contributed by atoms with Gasteiger partial charge in [0.15, 0.2) is 12.4 Å². The Kier molecular flexibility index (Phi) is 5.91. The highest BCUT2D eigenvalue weighted by atomic mass is 35.5. The molecule has 0 saturated carbocycles. The minimum atomic E-state index is -0.749. The number of benzene rings is 2. The molecule has 1 heterocycles. The summed E-state index contributed by atoms with van der Waals surface area (Å²) in [5, 5.41) is 3.10. The molecule has 0 saturated heterocycles. The molecule has 0 radical (unpaired) electrons. The lowest BCUT2D eigenvalue weighted by molar-refractivity contribution is -0.114. The molecule has 2 aromatic carbocycles. The number of carbonyl (C=O) groups excluding carboxylic acids is 3. The first-order chi connectivity index (χ1) is 13.4. The number of hydrogen-bond donors (Lipinski definition) is 1. The third kappa shape index (κ3) is 4.66. The van der Waals surface area contributed by atoms with E-state index in [2.05, 4.69) is 5.32 Å². The van der Waals surface area contributed by atoms with Crippen LogP contribution in [0.1, 0.15) is 27.8 Å². The highest BCUT2D eigenvalue weighted by molar-refractivity contribution is 6.33. The maximum absolute atomic E-state index is 12.2. The third-order valence-corrected chi connectivity index (χ3v) is 4.14. The van der Waals surface area contributed by atoms with Gasteiger partial charge in [0.05, 0.1) is 5.02 Å². The lowest BCUT2D eigenvalue weighted by Crippen LogP contribution is -2.14. The largest absolute Gasteiger partial charge is 0.451 e. The highest BCUT2D eigenvalue weighted by Gasteiger charge is 2.17. The molecule has 0 aliphatic carbocycles. The summed E-state index contributed by atoms with van der Waals surface area (Å²) in [4.78, 5) is 35.3. The summed E-state index contributed by atoms with van der Waals surface area (Å²) in [5.74, 6) is -0.925. The molecule has 142 valence electrons. The number of rotatable bonds is 6. The lowest BCUT2D eigenvalue weighted by atomic mass is 10.1. The summed E-state index contributed by atoms with van der Waals surface area (Å²) >= 11 is 6.11. The fourth-order valence-electron chi connectivity index (χ4n) is 2.48. The zero-order valence-corrected chi connectivity index (χ0v) is 15.7. The van der Waals surface area contributed by atoms with E-state index in [0.29, 0.717) is 27.6 Å². The van der Waals surface area contributed by atoms with Gasteiger partial charge < -0.3 is 14.5 Å². The number of anilines is 1. The number of carbonyl (C=O) groups is 3. The van der Waals surface area contributed by atoms with Gasteiger partial charge in [-0.25, -0.2) is 4.79 Å². The van der Waals surface area contributed by atoms with Crippen molar-refractivity contribution in [1.29, 1.82) is 0 Å². The fourth-order valence-corrected chi connectivity index (χ4v) is 2.71. The number of ether oxygens (including phenoxy) is 1. The number of ketones is 1. The van der Waals surface area contributed by atoms with Crippen molar-refractivity contribution in [2.45, 2.75) is 6.92 Å². The normalized spacial score (nSPS) is 10.4. The van der Waals surface area contributed by atoms with Crippen LogP contribution in [-0.2, 0) is 9.53 Å². The van der Waals surface area contributed by atoms with E-state index >= 15 is 0 Å². The van der Waals surface area contributed by atoms with Gasteiger partial charge in [-0.15, -0.1) is 0 Å². The van der Waals surface area contributed by atoms with Crippen LogP contribution in [0.25, 0.3) is 11.3 Å². The Labute approximate surface area is 166 Å². The van der Waals surface area contributed by atoms with E-state index in [9.17, 15) is 14.4 Å². The molecule has 0 aliphatic rings. The van der Waals surface area contributed by atoms with Crippen LogP contribution in [0.3, 0.4) is 0 Å². The first-order valence-corrected chi connectivity index (χ1v) is 8.74. The van der Waals surface area contributed by atoms with Crippen LogP contribution >= 0.6 is 11.6 Å². The van der Waals surface area contributed by atoms with E-state index in [0.717, 1.165) is 0 Å². The number of amides is 1. The summed E-state index contributed by atoms with van der Waals surface area (Å²) in [6.07, 6.45) is 0. The number of esters is 1. The molecule has 0 fully saturated rings. The summed E-state index contributed by atoms with van der Waals surface area (Å²) in [6.45, 7) is 0.963. The fraction of sp³-hybridized carbons (Fsp3) is 0.0952.